The number of amides is 1. The predicted molar refractivity (Wildman–Crippen MR) is 88.1 cm³/mol. The Morgan fingerprint density at radius 2 is 1.90 bits per heavy atom. The summed E-state index contributed by atoms with van der Waals surface area (Å²) < 4.78 is 0. The highest BCUT2D eigenvalue weighted by Gasteiger charge is 2.08. The van der Waals surface area contributed by atoms with Crippen molar-refractivity contribution in [1.29, 1.82) is 0 Å². The normalized spacial score (nSPS) is 11.3. The molecule has 0 unspecified atom stereocenters. The van der Waals surface area contributed by atoms with E-state index >= 15 is 0 Å². The third-order valence-electron chi connectivity index (χ3n) is 2.48. The van der Waals surface area contributed by atoms with E-state index in [-0.39, 0.29) is 11.8 Å². The summed E-state index contributed by atoms with van der Waals surface area (Å²) in [5.41, 5.74) is 0.753. The molecule has 0 aliphatic heterocycles. The van der Waals surface area contributed by atoms with Crippen molar-refractivity contribution in [3.63, 3.8) is 0 Å². The molecule has 1 amide bonds. The van der Waals surface area contributed by atoms with Gasteiger partial charge in [0.2, 0.25) is 11.0 Å². The highest BCUT2D eigenvalue weighted by Crippen LogP contribution is 2.22. The van der Waals surface area contributed by atoms with E-state index in [9.17, 15) is 4.79 Å². The summed E-state index contributed by atoms with van der Waals surface area (Å²) in [4.78, 5) is 11.8. The van der Waals surface area contributed by atoms with Gasteiger partial charge in [0, 0.05) is 22.0 Å². The first-order valence-electron chi connectivity index (χ1n) is 6.22. The van der Waals surface area contributed by atoms with Crippen molar-refractivity contribution in [2.75, 3.05) is 5.32 Å². The number of aromatic nitrogens is 2. The third-order valence-corrected chi connectivity index (χ3v) is 4.05. The minimum Gasteiger partial charge on any atom is -0.297 e. The second-order valence-electron chi connectivity index (χ2n) is 4.63. The van der Waals surface area contributed by atoms with Crippen LogP contribution in [0.3, 0.4) is 0 Å². The lowest BCUT2D eigenvalue weighted by molar-refractivity contribution is -0.111. The Balaban J connectivity index is 2.01. The van der Waals surface area contributed by atoms with Gasteiger partial charge < -0.3 is 0 Å². The Hall–Kier alpha value is -1.43. The van der Waals surface area contributed by atoms with E-state index in [0.717, 1.165) is 10.6 Å². The SMILES string of the molecule is CC(C)c1nnc(NC(=O)/C=C/c2cc(Cl)cc(Cl)c2)s1. The minimum atomic E-state index is -0.280. The van der Waals surface area contributed by atoms with Crippen molar-refractivity contribution in [3.8, 4) is 0 Å². The molecular weight excluding hydrogens is 329 g/mol. The molecule has 0 spiro atoms. The molecule has 0 aliphatic carbocycles. The van der Waals surface area contributed by atoms with Crippen LogP contribution in [-0.4, -0.2) is 16.1 Å². The number of hydrogen-bond donors (Lipinski definition) is 1. The second-order valence-corrected chi connectivity index (χ2v) is 6.51. The van der Waals surface area contributed by atoms with Crippen molar-refractivity contribution in [3.05, 3.63) is 44.9 Å². The Morgan fingerprint density at radius 3 is 2.48 bits per heavy atom. The molecule has 0 bridgehead atoms. The number of rotatable bonds is 4. The highest BCUT2D eigenvalue weighted by atomic mass is 35.5. The molecule has 0 saturated heterocycles. The molecule has 0 saturated carbocycles. The Bertz CT molecular complexity index is 662. The molecule has 0 atom stereocenters. The lowest BCUT2D eigenvalue weighted by Gasteiger charge is -1.98. The van der Waals surface area contributed by atoms with E-state index in [4.69, 9.17) is 23.2 Å². The molecule has 21 heavy (non-hydrogen) atoms. The average molecular weight is 342 g/mol. The van der Waals surface area contributed by atoms with Crippen LogP contribution in [0.2, 0.25) is 10.0 Å². The van der Waals surface area contributed by atoms with Crippen LogP contribution in [0.5, 0.6) is 0 Å². The van der Waals surface area contributed by atoms with E-state index in [2.05, 4.69) is 15.5 Å². The smallest absolute Gasteiger partial charge is 0.250 e. The van der Waals surface area contributed by atoms with Crippen LogP contribution in [-0.2, 0) is 4.79 Å². The maximum absolute atomic E-state index is 11.8. The van der Waals surface area contributed by atoms with Gasteiger partial charge in [-0.05, 0) is 29.8 Å². The molecule has 4 nitrogen and oxygen atoms in total. The van der Waals surface area contributed by atoms with Crippen LogP contribution in [0, 0.1) is 0 Å². The third kappa shape index (κ3) is 4.81. The van der Waals surface area contributed by atoms with Gasteiger partial charge in [0.05, 0.1) is 0 Å². The first-order valence-corrected chi connectivity index (χ1v) is 7.80. The molecule has 1 N–H and O–H groups in total. The number of nitrogens with zero attached hydrogens (tertiary/aromatic N) is 2. The van der Waals surface area contributed by atoms with Gasteiger partial charge in [-0.3, -0.25) is 10.1 Å². The largest absolute Gasteiger partial charge is 0.297 e. The van der Waals surface area contributed by atoms with Gasteiger partial charge in [-0.1, -0.05) is 48.4 Å². The Labute approximate surface area is 136 Å². The van der Waals surface area contributed by atoms with E-state index in [0.29, 0.717) is 15.2 Å². The van der Waals surface area contributed by atoms with Gasteiger partial charge in [0.1, 0.15) is 5.01 Å². The van der Waals surface area contributed by atoms with Crippen molar-refractivity contribution in [2.24, 2.45) is 0 Å². The van der Waals surface area contributed by atoms with Crippen LogP contribution < -0.4 is 5.32 Å². The van der Waals surface area contributed by atoms with Crippen LogP contribution in [0.25, 0.3) is 6.08 Å². The van der Waals surface area contributed by atoms with Gasteiger partial charge in [-0.15, -0.1) is 10.2 Å². The molecule has 1 heterocycles. The van der Waals surface area contributed by atoms with Gasteiger partial charge in [-0.25, -0.2) is 0 Å². The zero-order valence-corrected chi connectivity index (χ0v) is 13.8. The maximum Gasteiger partial charge on any atom is 0.250 e. The van der Waals surface area contributed by atoms with Gasteiger partial charge in [0.25, 0.3) is 0 Å². The van der Waals surface area contributed by atoms with Crippen LogP contribution >= 0.6 is 34.5 Å². The van der Waals surface area contributed by atoms with Crippen molar-refractivity contribution < 1.29 is 4.79 Å². The molecule has 1 aromatic heterocycles. The standard InChI is InChI=1S/C14H13Cl2N3OS/c1-8(2)13-18-19-14(21-13)17-12(20)4-3-9-5-10(15)7-11(16)6-9/h3-8H,1-2H3,(H,17,19,20)/b4-3+. The number of benzene rings is 1. The fourth-order valence-electron chi connectivity index (χ4n) is 1.51. The molecule has 0 aliphatic rings. The Kier molecular flexibility index (Phi) is 5.33. The summed E-state index contributed by atoms with van der Waals surface area (Å²) in [5, 5.41) is 13.0. The lowest BCUT2D eigenvalue weighted by atomic mass is 10.2. The molecular formula is C14H13Cl2N3OS. The summed E-state index contributed by atoms with van der Waals surface area (Å²) >= 11 is 13.1. The van der Waals surface area contributed by atoms with E-state index in [1.165, 1.54) is 17.4 Å². The summed E-state index contributed by atoms with van der Waals surface area (Å²) in [6, 6.07) is 5.08. The zero-order chi connectivity index (χ0) is 15.4. The number of carbonyl (C=O) groups is 1. The maximum atomic E-state index is 11.8. The number of carbonyl (C=O) groups excluding carboxylic acids is 1. The summed E-state index contributed by atoms with van der Waals surface area (Å²) in [5.74, 6) is 0.00912. The highest BCUT2D eigenvalue weighted by molar-refractivity contribution is 7.15. The first-order chi connectivity index (χ1) is 9.94. The lowest BCUT2D eigenvalue weighted by Crippen LogP contribution is -2.07. The van der Waals surface area contributed by atoms with Crippen molar-refractivity contribution in [2.45, 2.75) is 19.8 Å². The second kappa shape index (κ2) is 7.02. The van der Waals surface area contributed by atoms with Gasteiger partial charge >= 0.3 is 0 Å². The average Bonchev–Trinajstić information content (AvgIpc) is 2.84. The van der Waals surface area contributed by atoms with Gasteiger partial charge in [-0.2, -0.15) is 0 Å². The zero-order valence-electron chi connectivity index (χ0n) is 11.4. The van der Waals surface area contributed by atoms with E-state index < -0.39 is 0 Å². The molecule has 2 rings (SSSR count). The molecule has 7 heteroatoms. The fourth-order valence-corrected chi connectivity index (χ4v) is 2.80. The summed E-state index contributed by atoms with van der Waals surface area (Å²) in [6.45, 7) is 4.05. The topological polar surface area (TPSA) is 54.9 Å². The van der Waals surface area contributed by atoms with Crippen molar-refractivity contribution in [1.82, 2.24) is 10.2 Å². The van der Waals surface area contributed by atoms with Crippen LogP contribution in [0.4, 0.5) is 5.13 Å². The van der Waals surface area contributed by atoms with Crippen LogP contribution in [0.1, 0.15) is 30.3 Å². The first kappa shape index (κ1) is 15.9. The van der Waals surface area contributed by atoms with E-state index in [1.54, 1.807) is 24.3 Å². The predicted octanol–water partition coefficient (Wildman–Crippen LogP) is 4.62. The number of nitrogens with one attached hydrogen (secondary N) is 1. The molecule has 2 aromatic rings. The molecule has 0 fully saturated rings. The summed E-state index contributed by atoms with van der Waals surface area (Å²) in [6.07, 6.45) is 3.04. The number of hydrogen-bond acceptors (Lipinski definition) is 4. The minimum absolute atomic E-state index is 0.280. The van der Waals surface area contributed by atoms with Crippen molar-refractivity contribution >= 4 is 51.7 Å². The molecule has 1 aromatic carbocycles. The summed E-state index contributed by atoms with van der Waals surface area (Å²) in [7, 11) is 0. The van der Waals surface area contributed by atoms with Crippen LogP contribution in [0.15, 0.2) is 24.3 Å². The quantitative estimate of drug-likeness (QED) is 0.825. The fraction of sp³-hybridized carbons (Fsp3) is 0.214. The number of anilines is 1. The molecule has 0 radical (unpaired) electrons. The van der Waals surface area contributed by atoms with E-state index in [1.807, 2.05) is 13.8 Å². The Morgan fingerprint density at radius 1 is 1.24 bits per heavy atom. The number of halogens is 2. The molecule has 110 valence electrons. The van der Waals surface area contributed by atoms with Gasteiger partial charge in [0.15, 0.2) is 0 Å². The monoisotopic (exact) mass is 341 g/mol.